The maximum absolute atomic E-state index is 3.74. The molecule has 0 radical (unpaired) electrons. The van der Waals surface area contributed by atoms with Crippen LogP contribution in [0.1, 0.15) is 23.2 Å². The van der Waals surface area contributed by atoms with E-state index in [1.165, 1.54) is 32.7 Å². The van der Waals surface area contributed by atoms with Crippen LogP contribution in [-0.4, -0.2) is 0 Å². The highest BCUT2D eigenvalue weighted by Crippen LogP contribution is 2.31. The summed E-state index contributed by atoms with van der Waals surface area (Å²) < 4.78 is 0. The molecule has 0 amide bonds. The first kappa shape index (κ1) is 14.4. The standard InChI is InChI=1S/C24H19N/c1-3-7-19-15-21(11-9-17(19)5-1)23-13-14-24(25-23)22-12-10-18-6-2-4-8-20(18)16-22/h1-16,23-25H/t23-,24-/m0/s1. The minimum Gasteiger partial charge on any atom is -0.296 e. The summed E-state index contributed by atoms with van der Waals surface area (Å²) in [6, 6.07) is 31.1. The van der Waals surface area contributed by atoms with Crippen molar-refractivity contribution in [3.63, 3.8) is 0 Å². The van der Waals surface area contributed by atoms with Crippen molar-refractivity contribution in [1.29, 1.82) is 0 Å². The van der Waals surface area contributed by atoms with E-state index in [4.69, 9.17) is 0 Å². The maximum Gasteiger partial charge on any atom is 0.0514 e. The van der Waals surface area contributed by atoms with Crippen LogP contribution >= 0.6 is 0 Å². The lowest BCUT2D eigenvalue weighted by atomic mass is 10.0. The van der Waals surface area contributed by atoms with Gasteiger partial charge < -0.3 is 0 Å². The first-order valence-corrected chi connectivity index (χ1v) is 8.79. The van der Waals surface area contributed by atoms with Crippen molar-refractivity contribution < 1.29 is 0 Å². The Morgan fingerprint density at radius 1 is 0.480 bits per heavy atom. The van der Waals surface area contributed by atoms with E-state index in [2.05, 4.69) is 102 Å². The largest absolute Gasteiger partial charge is 0.296 e. The molecule has 0 spiro atoms. The van der Waals surface area contributed by atoms with Crippen molar-refractivity contribution in [1.82, 2.24) is 5.32 Å². The Morgan fingerprint density at radius 3 is 1.40 bits per heavy atom. The molecular weight excluding hydrogens is 302 g/mol. The summed E-state index contributed by atoms with van der Waals surface area (Å²) in [5.74, 6) is 0. The van der Waals surface area contributed by atoms with Crippen LogP contribution < -0.4 is 5.32 Å². The normalized spacial score (nSPS) is 19.7. The molecule has 0 aliphatic carbocycles. The predicted molar refractivity (Wildman–Crippen MR) is 106 cm³/mol. The molecule has 5 rings (SSSR count). The van der Waals surface area contributed by atoms with Crippen molar-refractivity contribution in [2.24, 2.45) is 0 Å². The molecule has 2 atom stereocenters. The van der Waals surface area contributed by atoms with Gasteiger partial charge in [0.25, 0.3) is 0 Å². The van der Waals surface area contributed by atoms with Gasteiger partial charge >= 0.3 is 0 Å². The van der Waals surface area contributed by atoms with Gasteiger partial charge in [-0.15, -0.1) is 0 Å². The number of benzene rings is 4. The Bertz CT molecular complexity index is 1010. The fourth-order valence-corrected chi connectivity index (χ4v) is 3.74. The minimum atomic E-state index is 0.265. The molecule has 1 heteroatoms. The van der Waals surface area contributed by atoms with E-state index in [0.717, 1.165) is 0 Å². The van der Waals surface area contributed by atoms with Gasteiger partial charge in [-0.3, -0.25) is 5.32 Å². The highest BCUT2D eigenvalue weighted by atomic mass is 15.0. The van der Waals surface area contributed by atoms with E-state index < -0.39 is 0 Å². The molecule has 0 saturated carbocycles. The van der Waals surface area contributed by atoms with Crippen molar-refractivity contribution in [3.8, 4) is 0 Å². The third kappa shape index (κ3) is 2.63. The second-order valence-electron chi connectivity index (χ2n) is 6.72. The second-order valence-corrected chi connectivity index (χ2v) is 6.72. The molecule has 0 fully saturated rings. The molecule has 1 N–H and O–H groups in total. The lowest BCUT2D eigenvalue weighted by Gasteiger charge is -2.16. The minimum absolute atomic E-state index is 0.265. The second kappa shape index (κ2) is 5.87. The van der Waals surface area contributed by atoms with Crippen LogP contribution in [-0.2, 0) is 0 Å². The molecule has 0 unspecified atom stereocenters. The summed E-state index contributed by atoms with van der Waals surface area (Å²) in [5.41, 5.74) is 2.64. The Kier molecular flexibility index (Phi) is 3.39. The topological polar surface area (TPSA) is 12.0 Å². The summed E-state index contributed by atoms with van der Waals surface area (Å²) in [7, 11) is 0. The predicted octanol–water partition coefficient (Wildman–Crippen LogP) is 5.93. The average molecular weight is 321 g/mol. The van der Waals surface area contributed by atoms with E-state index >= 15 is 0 Å². The van der Waals surface area contributed by atoms with E-state index in [1.54, 1.807) is 0 Å². The van der Waals surface area contributed by atoms with E-state index in [1.807, 2.05) is 0 Å². The average Bonchev–Trinajstić information content (AvgIpc) is 3.17. The van der Waals surface area contributed by atoms with Crippen LogP contribution in [0.4, 0.5) is 0 Å². The molecule has 120 valence electrons. The summed E-state index contributed by atoms with van der Waals surface area (Å²) in [6.45, 7) is 0. The first-order chi connectivity index (χ1) is 12.4. The van der Waals surface area contributed by atoms with Crippen LogP contribution in [0.5, 0.6) is 0 Å². The van der Waals surface area contributed by atoms with Crippen molar-refractivity contribution in [2.75, 3.05) is 0 Å². The van der Waals surface area contributed by atoms with Crippen LogP contribution in [0.25, 0.3) is 21.5 Å². The smallest absolute Gasteiger partial charge is 0.0514 e. The fraction of sp³-hybridized carbons (Fsp3) is 0.0833. The molecule has 25 heavy (non-hydrogen) atoms. The molecule has 4 aromatic rings. The molecule has 0 aromatic heterocycles. The maximum atomic E-state index is 3.74. The van der Waals surface area contributed by atoms with Crippen LogP contribution in [0.15, 0.2) is 97.1 Å². The SMILES string of the molecule is C1=C[C@@H](c2ccc3ccccc3c2)N[C@@H]1c1ccc2ccccc2c1. The van der Waals surface area contributed by atoms with Gasteiger partial charge in [0.1, 0.15) is 0 Å². The quantitative estimate of drug-likeness (QED) is 0.451. The molecule has 4 aromatic carbocycles. The molecule has 1 aliphatic rings. The van der Waals surface area contributed by atoms with Crippen LogP contribution in [0.2, 0.25) is 0 Å². The monoisotopic (exact) mass is 321 g/mol. The van der Waals surface area contributed by atoms with Gasteiger partial charge in [0, 0.05) is 0 Å². The molecule has 0 saturated heterocycles. The highest BCUT2D eigenvalue weighted by molar-refractivity contribution is 5.84. The van der Waals surface area contributed by atoms with Crippen molar-refractivity contribution in [3.05, 3.63) is 108 Å². The van der Waals surface area contributed by atoms with Gasteiger partial charge in [-0.1, -0.05) is 84.9 Å². The molecule has 1 heterocycles. The number of nitrogens with one attached hydrogen (secondary N) is 1. The number of hydrogen-bond donors (Lipinski definition) is 1. The van der Waals surface area contributed by atoms with Crippen LogP contribution in [0.3, 0.4) is 0 Å². The zero-order valence-corrected chi connectivity index (χ0v) is 13.9. The third-order valence-corrected chi connectivity index (χ3v) is 5.12. The van der Waals surface area contributed by atoms with Crippen LogP contribution in [0, 0.1) is 0 Å². The van der Waals surface area contributed by atoms with Gasteiger partial charge in [0.2, 0.25) is 0 Å². The highest BCUT2D eigenvalue weighted by Gasteiger charge is 2.20. The number of hydrogen-bond acceptors (Lipinski definition) is 1. The van der Waals surface area contributed by atoms with Gasteiger partial charge in [-0.05, 0) is 44.8 Å². The zero-order chi connectivity index (χ0) is 16.6. The fourth-order valence-electron chi connectivity index (χ4n) is 3.74. The third-order valence-electron chi connectivity index (χ3n) is 5.12. The summed E-state index contributed by atoms with van der Waals surface area (Å²) in [5, 5.41) is 8.92. The van der Waals surface area contributed by atoms with Gasteiger partial charge in [-0.25, -0.2) is 0 Å². The van der Waals surface area contributed by atoms with E-state index in [-0.39, 0.29) is 12.1 Å². The van der Waals surface area contributed by atoms with Gasteiger partial charge in [-0.2, -0.15) is 0 Å². The summed E-state index contributed by atoms with van der Waals surface area (Å²) in [4.78, 5) is 0. The Hall–Kier alpha value is -2.90. The molecule has 0 bridgehead atoms. The van der Waals surface area contributed by atoms with E-state index in [0.29, 0.717) is 0 Å². The van der Waals surface area contributed by atoms with Gasteiger partial charge in [0.05, 0.1) is 12.1 Å². The molecule has 1 nitrogen and oxygen atoms in total. The lowest BCUT2D eigenvalue weighted by Crippen LogP contribution is -2.18. The van der Waals surface area contributed by atoms with Gasteiger partial charge in [0.15, 0.2) is 0 Å². The Balaban J connectivity index is 1.44. The van der Waals surface area contributed by atoms with E-state index in [9.17, 15) is 0 Å². The van der Waals surface area contributed by atoms with Crippen molar-refractivity contribution in [2.45, 2.75) is 12.1 Å². The lowest BCUT2D eigenvalue weighted by molar-refractivity contribution is 0.607. The first-order valence-electron chi connectivity index (χ1n) is 8.79. The Morgan fingerprint density at radius 2 is 0.920 bits per heavy atom. The summed E-state index contributed by atoms with van der Waals surface area (Å²) >= 11 is 0. The Labute approximate surface area is 147 Å². The summed E-state index contributed by atoms with van der Waals surface area (Å²) in [6.07, 6.45) is 4.56. The zero-order valence-electron chi connectivity index (χ0n) is 13.9. The molecular formula is C24H19N. The number of fused-ring (bicyclic) bond motifs is 2. The number of rotatable bonds is 2. The molecule has 1 aliphatic heterocycles. The van der Waals surface area contributed by atoms with Crippen molar-refractivity contribution >= 4 is 21.5 Å².